The zero-order valence-corrected chi connectivity index (χ0v) is 14.8. The Bertz CT molecular complexity index is 823. The van der Waals surface area contributed by atoms with Crippen molar-refractivity contribution >= 4 is 45.0 Å². The predicted octanol–water partition coefficient (Wildman–Crippen LogP) is 4.13. The number of rotatable bonds is 5. The Morgan fingerprint density at radius 2 is 1.92 bits per heavy atom. The Kier molecular flexibility index (Phi) is 6.00. The Labute approximate surface area is 150 Å². The third kappa shape index (κ3) is 4.15. The van der Waals surface area contributed by atoms with Crippen LogP contribution in [-0.2, 0) is 4.79 Å². The molecule has 1 aromatic heterocycles. The fourth-order valence-electron chi connectivity index (χ4n) is 2.05. The summed E-state index contributed by atoms with van der Waals surface area (Å²) >= 11 is 1.40. The molecule has 0 spiro atoms. The van der Waals surface area contributed by atoms with E-state index in [-0.39, 0.29) is 18.3 Å². The summed E-state index contributed by atoms with van der Waals surface area (Å²) in [5.41, 5.74) is 0.822. The van der Waals surface area contributed by atoms with Crippen LogP contribution in [0.3, 0.4) is 0 Å². The first-order valence-electron chi connectivity index (χ1n) is 7.13. The van der Waals surface area contributed by atoms with Gasteiger partial charge >= 0.3 is 0 Å². The number of amides is 1. The summed E-state index contributed by atoms with van der Waals surface area (Å²) in [7, 11) is 1.62. The predicted molar refractivity (Wildman–Crippen MR) is 98.6 cm³/mol. The molecule has 1 N–H and O–H groups in total. The molecule has 0 saturated carbocycles. The molecular formula is C17H17ClN2O3S. The number of para-hydroxylation sites is 1. The van der Waals surface area contributed by atoms with Gasteiger partial charge in [-0.25, -0.2) is 4.98 Å². The third-order valence-corrected chi connectivity index (χ3v) is 4.18. The number of hydrogen-bond donors (Lipinski definition) is 1. The number of carbonyl (C=O) groups excluding carboxylic acids is 1. The van der Waals surface area contributed by atoms with Crippen LogP contribution in [0.25, 0.3) is 10.2 Å². The van der Waals surface area contributed by atoms with E-state index in [1.807, 2.05) is 48.5 Å². The molecule has 7 heteroatoms. The van der Waals surface area contributed by atoms with E-state index >= 15 is 0 Å². The number of benzene rings is 2. The van der Waals surface area contributed by atoms with Crippen molar-refractivity contribution in [2.24, 2.45) is 0 Å². The lowest BCUT2D eigenvalue weighted by Gasteiger charge is -2.13. The summed E-state index contributed by atoms with van der Waals surface area (Å²) in [5.74, 6) is 1.18. The highest BCUT2D eigenvalue weighted by molar-refractivity contribution is 7.22. The number of nitrogens with zero attached hydrogens (tertiary/aromatic N) is 1. The molecule has 5 nitrogen and oxygen atoms in total. The summed E-state index contributed by atoms with van der Waals surface area (Å²) < 4.78 is 11.7. The van der Waals surface area contributed by atoms with Gasteiger partial charge in [0.1, 0.15) is 11.5 Å². The molecule has 1 atom stereocenters. The lowest BCUT2D eigenvalue weighted by atomic mass is 10.3. The molecule has 1 amide bonds. The van der Waals surface area contributed by atoms with Crippen molar-refractivity contribution in [3.05, 3.63) is 48.5 Å². The van der Waals surface area contributed by atoms with Gasteiger partial charge < -0.3 is 9.47 Å². The quantitative estimate of drug-likeness (QED) is 0.739. The average molecular weight is 365 g/mol. The smallest absolute Gasteiger partial charge is 0.266 e. The molecule has 0 radical (unpaired) electrons. The first kappa shape index (κ1) is 18.0. The van der Waals surface area contributed by atoms with Crippen molar-refractivity contribution < 1.29 is 14.3 Å². The van der Waals surface area contributed by atoms with Crippen LogP contribution in [0.5, 0.6) is 11.5 Å². The van der Waals surface area contributed by atoms with Crippen molar-refractivity contribution in [3.8, 4) is 11.5 Å². The summed E-state index contributed by atoms with van der Waals surface area (Å²) in [4.78, 5) is 16.6. The minimum Gasteiger partial charge on any atom is -0.497 e. The van der Waals surface area contributed by atoms with Gasteiger partial charge in [-0.1, -0.05) is 29.5 Å². The van der Waals surface area contributed by atoms with Gasteiger partial charge in [0.2, 0.25) is 0 Å². The lowest BCUT2D eigenvalue weighted by Crippen LogP contribution is -2.30. The Hall–Kier alpha value is -2.31. The molecule has 0 aliphatic heterocycles. The maximum atomic E-state index is 12.2. The van der Waals surface area contributed by atoms with Gasteiger partial charge in [-0.2, -0.15) is 0 Å². The lowest BCUT2D eigenvalue weighted by molar-refractivity contribution is -0.122. The van der Waals surface area contributed by atoms with Crippen molar-refractivity contribution in [3.63, 3.8) is 0 Å². The molecule has 1 heterocycles. The number of hydrogen-bond acceptors (Lipinski definition) is 5. The van der Waals surface area contributed by atoms with Crippen molar-refractivity contribution in [1.29, 1.82) is 0 Å². The summed E-state index contributed by atoms with van der Waals surface area (Å²) in [6.45, 7) is 1.71. The molecule has 0 aliphatic rings. The molecule has 0 bridgehead atoms. The zero-order valence-electron chi connectivity index (χ0n) is 13.2. The van der Waals surface area contributed by atoms with Crippen LogP contribution < -0.4 is 14.8 Å². The highest BCUT2D eigenvalue weighted by Crippen LogP contribution is 2.29. The number of carbonyl (C=O) groups is 1. The van der Waals surface area contributed by atoms with E-state index < -0.39 is 6.10 Å². The fraction of sp³-hybridized carbons (Fsp3) is 0.176. The summed E-state index contributed by atoms with van der Waals surface area (Å²) in [6, 6.07) is 14.8. The van der Waals surface area contributed by atoms with Gasteiger partial charge in [0, 0.05) is 0 Å². The molecule has 0 fully saturated rings. The standard InChI is InChI=1S/C17H16N2O3S.ClH/c1-11(22-12-6-4-3-5-7-12)16(20)19-17-18-14-9-8-13(21-2)10-15(14)23-17;/h3-11H,1-2H3,(H,18,19,20);1H. The highest BCUT2D eigenvalue weighted by Gasteiger charge is 2.16. The molecule has 24 heavy (non-hydrogen) atoms. The largest absolute Gasteiger partial charge is 0.497 e. The fourth-order valence-corrected chi connectivity index (χ4v) is 2.95. The van der Waals surface area contributed by atoms with Gasteiger partial charge in [-0.05, 0) is 37.3 Å². The van der Waals surface area contributed by atoms with Crippen LogP contribution in [0, 0.1) is 0 Å². The molecule has 0 aliphatic carbocycles. The molecule has 0 saturated heterocycles. The highest BCUT2D eigenvalue weighted by atomic mass is 35.5. The van der Waals surface area contributed by atoms with E-state index in [4.69, 9.17) is 9.47 Å². The maximum absolute atomic E-state index is 12.2. The monoisotopic (exact) mass is 364 g/mol. The van der Waals surface area contributed by atoms with Gasteiger partial charge in [-0.15, -0.1) is 12.4 Å². The normalized spacial score (nSPS) is 11.4. The molecular weight excluding hydrogens is 348 g/mol. The van der Waals surface area contributed by atoms with Crippen LogP contribution in [-0.4, -0.2) is 24.1 Å². The number of methoxy groups -OCH3 is 1. The van der Waals surface area contributed by atoms with Gasteiger partial charge in [-0.3, -0.25) is 10.1 Å². The number of nitrogens with one attached hydrogen (secondary N) is 1. The molecule has 1 unspecified atom stereocenters. The molecule has 126 valence electrons. The molecule has 2 aromatic carbocycles. The van der Waals surface area contributed by atoms with Gasteiger partial charge in [0.05, 0.1) is 17.3 Å². The van der Waals surface area contributed by atoms with E-state index in [1.54, 1.807) is 14.0 Å². The van der Waals surface area contributed by atoms with Crippen molar-refractivity contribution in [2.45, 2.75) is 13.0 Å². The Morgan fingerprint density at radius 1 is 1.17 bits per heavy atom. The third-order valence-electron chi connectivity index (χ3n) is 3.25. The number of fused-ring (bicyclic) bond motifs is 1. The maximum Gasteiger partial charge on any atom is 0.266 e. The minimum atomic E-state index is -0.612. The number of halogens is 1. The van der Waals surface area contributed by atoms with Crippen LogP contribution in [0.2, 0.25) is 0 Å². The second-order valence-corrected chi connectivity index (χ2v) is 5.95. The van der Waals surface area contributed by atoms with E-state index in [2.05, 4.69) is 10.3 Å². The van der Waals surface area contributed by atoms with Crippen LogP contribution in [0.1, 0.15) is 6.92 Å². The van der Waals surface area contributed by atoms with Crippen LogP contribution in [0.4, 0.5) is 5.13 Å². The van der Waals surface area contributed by atoms with E-state index in [0.717, 1.165) is 16.0 Å². The second-order valence-electron chi connectivity index (χ2n) is 4.92. The minimum absolute atomic E-state index is 0. The number of ether oxygens (including phenoxy) is 2. The number of thiazole rings is 1. The first-order chi connectivity index (χ1) is 11.2. The Balaban J connectivity index is 0.00000208. The summed E-state index contributed by atoms with van der Waals surface area (Å²) in [5, 5.41) is 3.33. The van der Waals surface area contributed by atoms with E-state index in [9.17, 15) is 4.79 Å². The van der Waals surface area contributed by atoms with Crippen molar-refractivity contribution in [2.75, 3.05) is 12.4 Å². The van der Waals surface area contributed by atoms with E-state index in [1.165, 1.54) is 11.3 Å². The van der Waals surface area contributed by atoms with Gasteiger partial charge in [0.15, 0.2) is 11.2 Å². The van der Waals surface area contributed by atoms with Gasteiger partial charge in [0.25, 0.3) is 5.91 Å². The number of anilines is 1. The first-order valence-corrected chi connectivity index (χ1v) is 7.94. The zero-order chi connectivity index (χ0) is 16.2. The second kappa shape index (κ2) is 7.99. The summed E-state index contributed by atoms with van der Waals surface area (Å²) in [6.07, 6.45) is -0.612. The molecule has 3 rings (SSSR count). The van der Waals surface area contributed by atoms with Crippen molar-refractivity contribution in [1.82, 2.24) is 4.98 Å². The number of aromatic nitrogens is 1. The average Bonchev–Trinajstić information content (AvgIpc) is 2.96. The SMILES string of the molecule is COc1ccc2nc(NC(=O)C(C)Oc3ccccc3)sc2c1.Cl. The van der Waals surface area contributed by atoms with Crippen LogP contribution in [0.15, 0.2) is 48.5 Å². The molecule has 3 aromatic rings. The van der Waals surface area contributed by atoms with Crippen LogP contribution >= 0.6 is 23.7 Å². The topological polar surface area (TPSA) is 60.5 Å². The van der Waals surface area contributed by atoms with E-state index in [0.29, 0.717) is 10.9 Å². The Morgan fingerprint density at radius 3 is 2.62 bits per heavy atom.